The molecule has 174 valence electrons. The van der Waals surface area contributed by atoms with E-state index in [1.165, 1.54) is 12.1 Å². The highest BCUT2D eigenvalue weighted by Crippen LogP contribution is 2.45. The fourth-order valence-electron chi connectivity index (χ4n) is 4.89. The molecule has 0 saturated carbocycles. The Hall–Kier alpha value is -3.12. The third-order valence-corrected chi connectivity index (χ3v) is 6.95. The van der Waals surface area contributed by atoms with Crippen molar-refractivity contribution in [2.45, 2.75) is 19.5 Å². The van der Waals surface area contributed by atoms with Gasteiger partial charge in [0.25, 0.3) is 5.91 Å². The summed E-state index contributed by atoms with van der Waals surface area (Å²) in [4.78, 5) is 16.3. The second-order valence-electron chi connectivity index (χ2n) is 8.90. The molecule has 1 N–H and O–H groups in total. The summed E-state index contributed by atoms with van der Waals surface area (Å²) in [5, 5.41) is 19.2. The molecule has 0 aliphatic carbocycles. The number of aliphatic hydroxyl groups is 1. The molecule has 1 amide bonds. The second-order valence-corrected chi connectivity index (χ2v) is 8.90. The quantitative estimate of drug-likeness (QED) is 0.703. The van der Waals surface area contributed by atoms with Crippen molar-refractivity contribution in [2.24, 2.45) is 11.3 Å². The Bertz CT molecular complexity index is 1130. The van der Waals surface area contributed by atoms with Gasteiger partial charge in [-0.05, 0) is 49.2 Å². The van der Waals surface area contributed by atoms with Crippen LogP contribution in [0.25, 0.3) is 0 Å². The van der Waals surface area contributed by atoms with E-state index in [2.05, 4.69) is 0 Å². The van der Waals surface area contributed by atoms with E-state index in [0.717, 1.165) is 12.1 Å². The lowest BCUT2D eigenvalue weighted by Crippen LogP contribution is -2.50. The molecular weight excluding hydrogens is 438 g/mol. The first-order chi connectivity index (χ1) is 15.6. The van der Waals surface area contributed by atoms with Crippen LogP contribution in [0.15, 0.2) is 36.4 Å². The Balaban J connectivity index is 1.57. The molecule has 2 aliphatic heterocycles. The first kappa shape index (κ1) is 23.1. The Morgan fingerprint density at radius 1 is 1.24 bits per heavy atom. The number of benzene rings is 2. The predicted molar refractivity (Wildman–Crippen MR) is 113 cm³/mol. The number of hydrogen-bond donors (Lipinski definition) is 1. The molecule has 0 aromatic heterocycles. The van der Waals surface area contributed by atoms with Crippen LogP contribution in [0.2, 0.25) is 0 Å². The summed E-state index contributed by atoms with van der Waals surface area (Å²) in [5.74, 6) is -0.937. The fourth-order valence-corrected chi connectivity index (χ4v) is 4.89. The van der Waals surface area contributed by atoms with E-state index < -0.39 is 28.5 Å². The molecule has 0 spiro atoms. The standard InChI is InChI=1S/C24H23F4N3O2/c1-15-2-3-16(8-21(15)25)22(33)30-7-6-23(14-32)13-31(12-18(23)11-30)19-5-4-17(10-29)20(9-19)24(26,27)28/h2-5,8-9,18,32H,6-7,11-14H2,1H3/t18-,23+/m1/s1. The number of likely N-dealkylation sites (tertiary alicyclic amines) is 1. The van der Waals surface area contributed by atoms with Gasteiger partial charge in [0.1, 0.15) is 5.82 Å². The number of carbonyl (C=O) groups is 1. The van der Waals surface area contributed by atoms with Gasteiger partial charge in [0.05, 0.1) is 23.8 Å². The van der Waals surface area contributed by atoms with E-state index in [9.17, 15) is 27.5 Å². The number of aliphatic hydroxyl groups excluding tert-OH is 1. The summed E-state index contributed by atoms with van der Waals surface area (Å²) in [6, 6.07) is 9.52. The van der Waals surface area contributed by atoms with Crippen molar-refractivity contribution < 1.29 is 27.5 Å². The average molecular weight is 461 g/mol. The number of halogens is 4. The number of rotatable bonds is 3. The first-order valence-corrected chi connectivity index (χ1v) is 10.6. The van der Waals surface area contributed by atoms with Gasteiger partial charge in [0.2, 0.25) is 0 Å². The molecule has 2 saturated heterocycles. The zero-order valence-electron chi connectivity index (χ0n) is 18.0. The van der Waals surface area contributed by atoms with E-state index in [-0.39, 0.29) is 24.0 Å². The molecule has 2 aromatic rings. The minimum absolute atomic E-state index is 0.155. The lowest BCUT2D eigenvalue weighted by Gasteiger charge is -2.42. The van der Waals surface area contributed by atoms with Crippen molar-refractivity contribution >= 4 is 11.6 Å². The summed E-state index contributed by atoms with van der Waals surface area (Å²) in [5.41, 5.74) is -0.984. The summed E-state index contributed by atoms with van der Waals surface area (Å²) in [6.07, 6.45) is -4.18. The van der Waals surface area contributed by atoms with Gasteiger partial charge in [-0.2, -0.15) is 18.4 Å². The van der Waals surface area contributed by atoms with E-state index in [0.29, 0.717) is 43.9 Å². The average Bonchev–Trinajstić information content (AvgIpc) is 3.18. The summed E-state index contributed by atoms with van der Waals surface area (Å²) in [6.45, 7) is 2.83. The van der Waals surface area contributed by atoms with E-state index >= 15 is 0 Å². The number of nitrogens with zero attached hydrogens (tertiary/aromatic N) is 3. The molecule has 0 bridgehead atoms. The van der Waals surface area contributed by atoms with Gasteiger partial charge in [-0.25, -0.2) is 4.39 Å². The van der Waals surface area contributed by atoms with Crippen molar-refractivity contribution in [3.63, 3.8) is 0 Å². The van der Waals surface area contributed by atoms with Gasteiger partial charge in [0, 0.05) is 48.8 Å². The monoisotopic (exact) mass is 461 g/mol. The normalized spacial score (nSPS) is 22.8. The minimum Gasteiger partial charge on any atom is -0.396 e. The van der Waals surface area contributed by atoms with Crippen molar-refractivity contribution in [1.29, 1.82) is 5.26 Å². The maximum atomic E-state index is 13.9. The molecular formula is C24H23F4N3O2. The summed E-state index contributed by atoms with van der Waals surface area (Å²) >= 11 is 0. The van der Waals surface area contributed by atoms with Crippen LogP contribution in [0.5, 0.6) is 0 Å². The smallest absolute Gasteiger partial charge is 0.396 e. The lowest BCUT2D eigenvalue weighted by atomic mass is 9.73. The molecule has 2 aliphatic rings. The Morgan fingerprint density at radius 3 is 2.64 bits per heavy atom. The molecule has 0 unspecified atom stereocenters. The molecule has 4 rings (SSSR count). The molecule has 2 atom stereocenters. The third-order valence-electron chi connectivity index (χ3n) is 6.95. The predicted octanol–water partition coefficient (Wildman–Crippen LogP) is 3.99. The number of amides is 1. The molecule has 33 heavy (non-hydrogen) atoms. The zero-order chi connectivity index (χ0) is 24.0. The number of carbonyl (C=O) groups excluding carboxylic acids is 1. The summed E-state index contributed by atoms with van der Waals surface area (Å²) in [7, 11) is 0. The maximum absolute atomic E-state index is 13.9. The zero-order valence-corrected chi connectivity index (χ0v) is 18.0. The number of hydrogen-bond acceptors (Lipinski definition) is 4. The maximum Gasteiger partial charge on any atom is 0.417 e. The summed E-state index contributed by atoms with van der Waals surface area (Å²) < 4.78 is 54.2. The van der Waals surface area contributed by atoms with Crippen molar-refractivity contribution in [2.75, 3.05) is 37.7 Å². The molecule has 2 heterocycles. The molecule has 2 aromatic carbocycles. The minimum atomic E-state index is -4.66. The SMILES string of the molecule is Cc1ccc(C(=O)N2CC[C@@]3(CO)CN(c4ccc(C#N)c(C(F)(F)F)c4)C[C@H]3C2)cc1F. The topological polar surface area (TPSA) is 67.6 Å². The number of nitriles is 1. The number of piperidine rings is 1. The molecule has 2 fully saturated rings. The van der Waals surface area contributed by atoms with Crippen LogP contribution in [0.4, 0.5) is 23.2 Å². The van der Waals surface area contributed by atoms with Gasteiger partial charge < -0.3 is 14.9 Å². The van der Waals surface area contributed by atoms with Crippen LogP contribution >= 0.6 is 0 Å². The number of alkyl halides is 3. The number of fused-ring (bicyclic) bond motifs is 1. The van der Waals surface area contributed by atoms with Crippen LogP contribution in [0.1, 0.15) is 33.5 Å². The van der Waals surface area contributed by atoms with Gasteiger partial charge in [-0.3, -0.25) is 4.79 Å². The largest absolute Gasteiger partial charge is 0.417 e. The van der Waals surface area contributed by atoms with Crippen LogP contribution in [-0.2, 0) is 6.18 Å². The Kier molecular flexibility index (Phi) is 5.83. The van der Waals surface area contributed by atoms with Crippen molar-refractivity contribution in [3.05, 3.63) is 64.5 Å². The van der Waals surface area contributed by atoms with Gasteiger partial charge in [-0.15, -0.1) is 0 Å². The van der Waals surface area contributed by atoms with Crippen LogP contribution < -0.4 is 4.90 Å². The van der Waals surface area contributed by atoms with Crippen LogP contribution in [-0.4, -0.2) is 48.7 Å². The van der Waals surface area contributed by atoms with E-state index in [4.69, 9.17) is 5.26 Å². The number of anilines is 1. The first-order valence-electron chi connectivity index (χ1n) is 10.6. The van der Waals surface area contributed by atoms with Gasteiger partial charge >= 0.3 is 6.18 Å². The second kappa shape index (κ2) is 8.34. The highest BCUT2D eigenvalue weighted by molar-refractivity contribution is 5.94. The lowest BCUT2D eigenvalue weighted by molar-refractivity contribution is -0.137. The van der Waals surface area contributed by atoms with Gasteiger partial charge in [-0.1, -0.05) is 6.07 Å². The molecule has 0 radical (unpaired) electrons. The van der Waals surface area contributed by atoms with E-state index in [1.807, 2.05) is 0 Å². The molecule has 5 nitrogen and oxygen atoms in total. The highest BCUT2D eigenvalue weighted by Gasteiger charge is 2.50. The van der Waals surface area contributed by atoms with E-state index in [1.54, 1.807) is 34.9 Å². The fraction of sp³-hybridized carbons (Fsp3) is 0.417. The van der Waals surface area contributed by atoms with Crippen LogP contribution in [0.3, 0.4) is 0 Å². The van der Waals surface area contributed by atoms with Crippen LogP contribution in [0, 0.1) is 35.4 Å². The third kappa shape index (κ3) is 4.15. The highest BCUT2D eigenvalue weighted by atomic mass is 19.4. The van der Waals surface area contributed by atoms with Gasteiger partial charge in [0.15, 0.2) is 0 Å². The number of aryl methyl sites for hydroxylation is 1. The van der Waals surface area contributed by atoms with Crippen molar-refractivity contribution in [3.8, 4) is 6.07 Å². The molecule has 9 heteroatoms. The van der Waals surface area contributed by atoms with Crippen molar-refractivity contribution in [1.82, 2.24) is 4.90 Å². The Morgan fingerprint density at radius 2 is 2.00 bits per heavy atom. The Labute approximate surface area is 188 Å².